The summed E-state index contributed by atoms with van der Waals surface area (Å²) in [6.45, 7) is 4.01. The van der Waals surface area contributed by atoms with Crippen LogP contribution in [-0.4, -0.2) is 74.1 Å². The number of para-hydroxylation sites is 1. The van der Waals surface area contributed by atoms with Gasteiger partial charge in [0.25, 0.3) is 5.69 Å². The Labute approximate surface area is 197 Å². The van der Waals surface area contributed by atoms with Gasteiger partial charge in [0.2, 0.25) is 0 Å². The van der Waals surface area contributed by atoms with E-state index in [0.29, 0.717) is 11.4 Å². The van der Waals surface area contributed by atoms with Crippen LogP contribution in [0.25, 0.3) is 0 Å². The molecule has 0 aromatic heterocycles. The Balaban J connectivity index is 0.00000420. The Morgan fingerprint density at radius 1 is 1.10 bits per heavy atom. The summed E-state index contributed by atoms with van der Waals surface area (Å²) in [5.74, 6) is -3.04. The molecule has 1 N–H and O–H groups in total. The molecule has 2 rings (SSSR count). The molecule has 10 heteroatoms. The molecule has 1 aliphatic heterocycles. The fraction of sp³-hybridized carbons (Fsp3) is 0.316. The van der Waals surface area contributed by atoms with Crippen LogP contribution in [-0.2, 0) is 23.9 Å². The number of ether oxygens (including phenoxy) is 2. The van der Waals surface area contributed by atoms with Gasteiger partial charge >= 0.3 is 49.7 Å². The Hall–Kier alpha value is -2.23. The van der Waals surface area contributed by atoms with Crippen LogP contribution >= 0.6 is 0 Å². The molecule has 1 atom stereocenters. The number of hydrogen-bond acceptors (Lipinski definition) is 8. The molecule has 0 radical (unpaired) electrons. The third-order valence-corrected chi connectivity index (χ3v) is 4.24. The first kappa shape index (κ1) is 24.8. The number of benzene rings is 1. The molecular weight excluding hydrogens is 408 g/mol. The molecule has 1 unspecified atom stereocenters. The molecule has 29 heavy (non-hydrogen) atoms. The van der Waals surface area contributed by atoms with Crippen molar-refractivity contribution in [1.29, 1.82) is 0 Å². The van der Waals surface area contributed by atoms with Gasteiger partial charge in [-0.25, -0.2) is 9.59 Å². The molecule has 0 fully saturated rings. The first-order valence-corrected chi connectivity index (χ1v) is 8.35. The van der Waals surface area contributed by atoms with Gasteiger partial charge in [0.15, 0.2) is 5.78 Å². The maximum absolute atomic E-state index is 12.7. The number of nitro groups is 1. The van der Waals surface area contributed by atoms with E-state index in [4.69, 9.17) is 9.47 Å². The SMILES string of the molecule is COC(=O)C1=C(C)NC(C)=C(C(=O)OCC(C)=O)C1c1ccccc1[N+](=O)[O-].[CaH2]. The zero-order valence-corrected chi connectivity index (χ0v) is 15.9. The summed E-state index contributed by atoms with van der Waals surface area (Å²) in [6.07, 6.45) is 0. The van der Waals surface area contributed by atoms with Gasteiger partial charge in [-0.1, -0.05) is 18.2 Å². The second-order valence-electron chi connectivity index (χ2n) is 6.22. The Bertz CT molecular complexity index is 921. The number of ketones is 1. The van der Waals surface area contributed by atoms with E-state index in [2.05, 4.69) is 5.32 Å². The molecule has 0 saturated carbocycles. The summed E-state index contributed by atoms with van der Waals surface area (Å²) in [5, 5.41) is 14.5. The fourth-order valence-electron chi connectivity index (χ4n) is 3.10. The third-order valence-electron chi connectivity index (χ3n) is 4.24. The van der Waals surface area contributed by atoms with Crippen molar-refractivity contribution >= 4 is 61.1 Å². The molecule has 1 aromatic carbocycles. The van der Waals surface area contributed by atoms with E-state index in [1.165, 1.54) is 32.2 Å². The van der Waals surface area contributed by atoms with Crippen LogP contribution < -0.4 is 5.32 Å². The first-order chi connectivity index (χ1) is 13.2. The number of carbonyl (C=O) groups is 3. The van der Waals surface area contributed by atoms with Gasteiger partial charge < -0.3 is 14.8 Å². The Kier molecular flexibility index (Phi) is 9.00. The molecule has 9 nitrogen and oxygen atoms in total. The van der Waals surface area contributed by atoms with Crippen LogP contribution in [0.5, 0.6) is 0 Å². The number of nitrogens with one attached hydrogen (secondary N) is 1. The van der Waals surface area contributed by atoms with Crippen LogP contribution in [0.4, 0.5) is 5.69 Å². The second kappa shape index (κ2) is 10.5. The molecule has 0 amide bonds. The zero-order chi connectivity index (χ0) is 21.0. The second-order valence-corrected chi connectivity index (χ2v) is 6.22. The van der Waals surface area contributed by atoms with Crippen LogP contribution in [0, 0.1) is 10.1 Å². The summed E-state index contributed by atoms with van der Waals surface area (Å²) in [5.41, 5.74) is 0.701. The number of nitrogens with zero attached hydrogens (tertiary/aromatic N) is 1. The van der Waals surface area contributed by atoms with Gasteiger partial charge in [-0.05, 0) is 20.8 Å². The van der Waals surface area contributed by atoms with Crippen molar-refractivity contribution in [3.63, 3.8) is 0 Å². The van der Waals surface area contributed by atoms with Crippen molar-refractivity contribution in [2.24, 2.45) is 0 Å². The average Bonchev–Trinajstić information content (AvgIpc) is 2.64. The minimum atomic E-state index is -1.09. The van der Waals surface area contributed by atoms with Gasteiger partial charge in [-0.15, -0.1) is 0 Å². The zero-order valence-electron chi connectivity index (χ0n) is 15.9. The molecule has 1 heterocycles. The van der Waals surface area contributed by atoms with Crippen molar-refractivity contribution < 1.29 is 28.8 Å². The quantitative estimate of drug-likeness (QED) is 0.309. The van der Waals surface area contributed by atoms with Crippen molar-refractivity contribution in [2.45, 2.75) is 26.7 Å². The van der Waals surface area contributed by atoms with E-state index in [9.17, 15) is 24.5 Å². The summed E-state index contributed by atoms with van der Waals surface area (Å²) < 4.78 is 9.87. The van der Waals surface area contributed by atoms with Crippen molar-refractivity contribution in [2.75, 3.05) is 13.7 Å². The summed E-state index contributed by atoms with van der Waals surface area (Å²) in [7, 11) is 1.18. The predicted octanol–water partition coefficient (Wildman–Crippen LogP) is 1.22. The van der Waals surface area contributed by atoms with Crippen LogP contribution in [0.15, 0.2) is 46.8 Å². The molecule has 1 aromatic rings. The van der Waals surface area contributed by atoms with Crippen LogP contribution in [0.2, 0.25) is 0 Å². The Morgan fingerprint density at radius 2 is 1.66 bits per heavy atom. The van der Waals surface area contributed by atoms with Crippen LogP contribution in [0.1, 0.15) is 32.3 Å². The summed E-state index contributed by atoms with van der Waals surface area (Å²) in [4.78, 5) is 47.3. The van der Waals surface area contributed by atoms with Gasteiger partial charge in [0.05, 0.1) is 29.1 Å². The van der Waals surface area contributed by atoms with E-state index in [1.54, 1.807) is 19.9 Å². The number of Topliss-reactive ketones (excluding diaryl/α,β-unsaturated/α-hetero) is 1. The van der Waals surface area contributed by atoms with Gasteiger partial charge in [0, 0.05) is 23.0 Å². The Morgan fingerprint density at radius 3 is 2.17 bits per heavy atom. The normalized spacial score (nSPS) is 15.8. The number of carbonyl (C=O) groups excluding carboxylic acids is 3. The molecule has 1 aliphatic rings. The summed E-state index contributed by atoms with van der Waals surface area (Å²) >= 11 is 0. The number of dihydropyridines is 1. The first-order valence-electron chi connectivity index (χ1n) is 8.35. The molecule has 0 saturated heterocycles. The molecular formula is C19H22CaN2O7. The van der Waals surface area contributed by atoms with Crippen molar-refractivity contribution in [3.8, 4) is 0 Å². The maximum atomic E-state index is 12.7. The molecule has 152 valence electrons. The summed E-state index contributed by atoms with van der Waals surface area (Å²) in [6, 6.07) is 5.81. The minimum absolute atomic E-state index is 0. The number of hydrogen-bond donors (Lipinski definition) is 1. The van der Waals surface area contributed by atoms with E-state index >= 15 is 0 Å². The monoisotopic (exact) mass is 430 g/mol. The van der Waals surface area contributed by atoms with Crippen LogP contribution in [0.3, 0.4) is 0 Å². The predicted molar refractivity (Wildman–Crippen MR) is 107 cm³/mol. The van der Waals surface area contributed by atoms with E-state index < -0.39 is 29.4 Å². The topological polar surface area (TPSA) is 125 Å². The standard InChI is InChI=1S/C19H20N2O7.Ca.2H/c1-10(22)9-28-19(24)16-12(3)20-11(2)15(18(23)27-4)17(16)13-7-5-6-8-14(13)21(25)26;;;/h5-8,17,20H,9H2,1-4H3;;;. The van der Waals surface area contributed by atoms with E-state index in [-0.39, 0.29) is 65.9 Å². The van der Waals surface area contributed by atoms with E-state index in [1.807, 2.05) is 0 Å². The van der Waals surface area contributed by atoms with Crippen molar-refractivity contribution in [1.82, 2.24) is 5.32 Å². The number of esters is 2. The molecule has 0 spiro atoms. The molecule has 0 bridgehead atoms. The van der Waals surface area contributed by atoms with Gasteiger partial charge in [-0.3, -0.25) is 14.9 Å². The number of allylic oxidation sites excluding steroid dienone is 2. The van der Waals surface area contributed by atoms with E-state index in [0.717, 1.165) is 0 Å². The average molecular weight is 430 g/mol. The number of nitro benzene ring substituents is 1. The third kappa shape index (κ3) is 5.43. The number of rotatable bonds is 6. The number of methoxy groups -OCH3 is 1. The molecule has 0 aliphatic carbocycles. The van der Waals surface area contributed by atoms with Gasteiger partial charge in [-0.2, -0.15) is 0 Å². The van der Waals surface area contributed by atoms with Gasteiger partial charge in [0.1, 0.15) is 6.61 Å². The van der Waals surface area contributed by atoms with Crippen molar-refractivity contribution in [3.05, 3.63) is 62.5 Å². The fourth-order valence-corrected chi connectivity index (χ4v) is 3.10.